The van der Waals surface area contributed by atoms with Gasteiger partial charge < -0.3 is 10.6 Å². The zero-order chi connectivity index (χ0) is 18.4. The number of thioether (sulfide) groups is 1. The topological polar surface area (TPSA) is 66.9 Å². The molecule has 0 saturated heterocycles. The zero-order valence-electron chi connectivity index (χ0n) is 14.0. The molecule has 1 atom stereocenters. The summed E-state index contributed by atoms with van der Waals surface area (Å²) in [5.41, 5.74) is 1.40. The average Bonchev–Trinajstić information content (AvgIpc) is 3.10. The van der Waals surface area contributed by atoms with Crippen molar-refractivity contribution in [2.75, 3.05) is 11.1 Å². The van der Waals surface area contributed by atoms with Gasteiger partial charge in [-0.15, -0.1) is 10.2 Å². The SMILES string of the molecule is CC(NC(=O)CSc1nnc(Nc2ccccc2F)s1)c1ccccc1. The van der Waals surface area contributed by atoms with E-state index >= 15 is 0 Å². The fraction of sp³-hybridized carbons (Fsp3) is 0.167. The predicted molar refractivity (Wildman–Crippen MR) is 103 cm³/mol. The number of carbonyl (C=O) groups is 1. The van der Waals surface area contributed by atoms with Crippen molar-refractivity contribution < 1.29 is 9.18 Å². The highest BCUT2D eigenvalue weighted by Gasteiger charge is 2.12. The van der Waals surface area contributed by atoms with Gasteiger partial charge in [0.15, 0.2) is 4.34 Å². The fourth-order valence-corrected chi connectivity index (χ4v) is 3.81. The first-order valence-corrected chi connectivity index (χ1v) is 9.74. The Morgan fingerprint density at radius 2 is 1.88 bits per heavy atom. The van der Waals surface area contributed by atoms with Gasteiger partial charge in [0.2, 0.25) is 11.0 Å². The highest BCUT2D eigenvalue weighted by molar-refractivity contribution is 8.01. The lowest BCUT2D eigenvalue weighted by Gasteiger charge is -2.13. The largest absolute Gasteiger partial charge is 0.349 e. The van der Waals surface area contributed by atoms with E-state index in [1.807, 2.05) is 37.3 Å². The van der Waals surface area contributed by atoms with Crippen LogP contribution in [0.25, 0.3) is 0 Å². The number of para-hydroxylation sites is 1. The van der Waals surface area contributed by atoms with Gasteiger partial charge in [0.25, 0.3) is 0 Å². The summed E-state index contributed by atoms with van der Waals surface area (Å²) < 4.78 is 14.3. The van der Waals surface area contributed by atoms with Crippen LogP contribution in [0.1, 0.15) is 18.5 Å². The third kappa shape index (κ3) is 5.03. The molecule has 0 aliphatic rings. The molecule has 0 fully saturated rings. The van der Waals surface area contributed by atoms with Gasteiger partial charge >= 0.3 is 0 Å². The van der Waals surface area contributed by atoms with E-state index in [0.717, 1.165) is 5.56 Å². The van der Waals surface area contributed by atoms with Gasteiger partial charge in [0.1, 0.15) is 5.82 Å². The molecule has 134 valence electrons. The van der Waals surface area contributed by atoms with Gasteiger partial charge in [0, 0.05) is 0 Å². The minimum absolute atomic E-state index is 0.0583. The molecule has 5 nitrogen and oxygen atoms in total. The lowest BCUT2D eigenvalue weighted by Crippen LogP contribution is -2.28. The molecule has 8 heteroatoms. The van der Waals surface area contributed by atoms with E-state index in [1.165, 1.54) is 29.2 Å². The van der Waals surface area contributed by atoms with Crippen molar-refractivity contribution in [2.24, 2.45) is 0 Å². The number of carbonyl (C=O) groups excluding carboxylic acids is 1. The molecule has 0 aliphatic heterocycles. The van der Waals surface area contributed by atoms with Crippen LogP contribution in [0.4, 0.5) is 15.2 Å². The number of rotatable bonds is 7. The summed E-state index contributed by atoms with van der Waals surface area (Å²) in [6.07, 6.45) is 0. The normalized spacial score (nSPS) is 11.8. The second-order valence-electron chi connectivity index (χ2n) is 5.47. The third-order valence-corrected chi connectivity index (χ3v) is 5.50. The molecule has 1 aromatic heterocycles. The van der Waals surface area contributed by atoms with Gasteiger partial charge in [-0.2, -0.15) is 0 Å². The molecule has 2 N–H and O–H groups in total. The van der Waals surface area contributed by atoms with Gasteiger partial charge in [-0.3, -0.25) is 4.79 Å². The Hall–Kier alpha value is -2.45. The molecule has 1 amide bonds. The minimum Gasteiger partial charge on any atom is -0.349 e. The Morgan fingerprint density at radius 1 is 1.15 bits per heavy atom. The smallest absolute Gasteiger partial charge is 0.230 e. The fourth-order valence-electron chi connectivity index (χ4n) is 2.23. The van der Waals surface area contributed by atoms with E-state index in [1.54, 1.807) is 18.2 Å². The number of anilines is 2. The Morgan fingerprint density at radius 3 is 2.65 bits per heavy atom. The van der Waals surface area contributed by atoms with E-state index in [0.29, 0.717) is 15.2 Å². The second-order valence-corrected chi connectivity index (χ2v) is 7.67. The zero-order valence-corrected chi connectivity index (χ0v) is 15.6. The summed E-state index contributed by atoms with van der Waals surface area (Å²) in [6, 6.07) is 16.1. The molecule has 1 heterocycles. The molecule has 3 aromatic rings. The number of benzene rings is 2. The first kappa shape index (κ1) is 18.3. The standard InChI is InChI=1S/C18H17FN4OS2/c1-12(13-7-3-2-4-8-13)20-16(24)11-25-18-23-22-17(26-18)21-15-10-6-5-9-14(15)19/h2-10,12H,11H2,1H3,(H,20,24)(H,21,22). The molecule has 0 bridgehead atoms. The number of amides is 1. The number of hydrogen-bond acceptors (Lipinski definition) is 6. The number of hydrogen-bond donors (Lipinski definition) is 2. The third-order valence-electron chi connectivity index (χ3n) is 3.53. The highest BCUT2D eigenvalue weighted by Crippen LogP contribution is 2.28. The average molecular weight is 388 g/mol. The van der Waals surface area contributed by atoms with E-state index in [4.69, 9.17) is 0 Å². The van der Waals surface area contributed by atoms with Crippen molar-refractivity contribution >= 4 is 39.8 Å². The van der Waals surface area contributed by atoms with Crippen molar-refractivity contribution in [1.29, 1.82) is 0 Å². The molecule has 0 saturated carbocycles. The maximum absolute atomic E-state index is 13.6. The molecule has 26 heavy (non-hydrogen) atoms. The first-order chi connectivity index (χ1) is 12.6. The maximum atomic E-state index is 13.6. The second kappa shape index (κ2) is 8.77. The van der Waals surface area contributed by atoms with Crippen LogP contribution in [0.2, 0.25) is 0 Å². The van der Waals surface area contributed by atoms with Crippen molar-refractivity contribution in [1.82, 2.24) is 15.5 Å². The van der Waals surface area contributed by atoms with Gasteiger partial charge in [0.05, 0.1) is 17.5 Å². The molecule has 1 unspecified atom stereocenters. The van der Waals surface area contributed by atoms with E-state index < -0.39 is 0 Å². The first-order valence-electron chi connectivity index (χ1n) is 7.94. The van der Waals surface area contributed by atoms with Gasteiger partial charge in [-0.1, -0.05) is 65.6 Å². The van der Waals surface area contributed by atoms with Crippen LogP contribution < -0.4 is 10.6 Å². The van der Waals surface area contributed by atoms with Crippen LogP contribution in [0, 0.1) is 5.82 Å². The Labute approximate surface area is 159 Å². The van der Waals surface area contributed by atoms with Crippen LogP contribution in [0.3, 0.4) is 0 Å². The Balaban J connectivity index is 1.50. The van der Waals surface area contributed by atoms with Crippen molar-refractivity contribution in [3.8, 4) is 0 Å². The number of halogens is 1. The van der Waals surface area contributed by atoms with Crippen LogP contribution >= 0.6 is 23.1 Å². The van der Waals surface area contributed by atoms with E-state index in [-0.39, 0.29) is 23.5 Å². The molecule has 3 rings (SSSR count). The lowest BCUT2D eigenvalue weighted by atomic mass is 10.1. The minimum atomic E-state index is -0.355. The van der Waals surface area contributed by atoms with E-state index in [9.17, 15) is 9.18 Å². The monoisotopic (exact) mass is 388 g/mol. The van der Waals surface area contributed by atoms with Crippen LogP contribution in [0.5, 0.6) is 0 Å². The summed E-state index contributed by atoms with van der Waals surface area (Å²) in [6.45, 7) is 1.94. The predicted octanol–water partition coefficient (Wildman–Crippen LogP) is 4.39. The molecule has 0 radical (unpaired) electrons. The van der Waals surface area contributed by atoms with Crippen LogP contribution in [-0.4, -0.2) is 21.9 Å². The number of nitrogens with zero attached hydrogens (tertiary/aromatic N) is 2. The summed E-state index contributed by atoms with van der Waals surface area (Å²) in [4.78, 5) is 12.1. The highest BCUT2D eigenvalue weighted by atomic mass is 32.2. The summed E-state index contributed by atoms with van der Waals surface area (Å²) in [5.74, 6) is -0.192. The number of aromatic nitrogens is 2. The van der Waals surface area contributed by atoms with Crippen molar-refractivity contribution in [3.63, 3.8) is 0 Å². The quantitative estimate of drug-likeness (QED) is 0.588. The lowest BCUT2D eigenvalue weighted by molar-refractivity contribution is -0.119. The summed E-state index contributed by atoms with van der Waals surface area (Å²) in [7, 11) is 0. The molecular formula is C18H17FN4OS2. The van der Waals surface area contributed by atoms with Crippen molar-refractivity contribution in [3.05, 3.63) is 66.0 Å². The summed E-state index contributed by atoms with van der Waals surface area (Å²) >= 11 is 2.58. The molecule has 0 spiro atoms. The van der Waals surface area contributed by atoms with Crippen LogP contribution in [-0.2, 0) is 4.79 Å². The molecule has 0 aliphatic carbocycles. The maximum Gasteiger partial charge on any atom is 0.230 e. The van der Waals surface area contributed by atoms with Crippen LogP contribution in [0.15, 0.2) is 58.9 Å². The van der Waals surface area contributed by atoms with Crippen molar-refractivity contribution in [2.45, 2.75) is 17.3 Å². The van der Waals surface area contributed by atoms with Gasteiger partial charge in [-0.05, 0) is 24.6 Å². The Bertz CT molecular complexity index is 872. The molecular weight excluding hydrogens is 371 g/mol. The van der Waals surface area contributed by atoms with Gasteiger partial charge in [-0.25, -0.2) is 4.39 Å². The Kier molecular flexibility index (Phi) is 6.19. The number of nitrogens with one attached hydrogen (secondary N) is 2. The van der Waals surface area contributed by atoms with E-state index in [2.05, 4.69) is 20.8 Å². The summed E-state index contributed by atoms with van der Waals surface area (Å²) in [5, 5.41) is 14.3. The molecule has 2 aromatic carbocycles.